The smallest absolute Gasteiger partial charge is 0.145 e. The Labute approximate surface area is 111 Å². The van der Waals surface area contributed by atoms with Crippen molar-refractivity contribution in [1.82, 2.24) is 9.97 Å². The molecule has 0 saturated heterocycles. The molecule has 0 saturated carbocycles. The highest BCUT2D eigenvalue weighted by atomic mass is 16.5. The van der Waals surface area contributed by atoms with Crippen molar-refractivity contribution in [3.8, 4) is 11.8 Å². The summed E-state index contributed by atoms with van der Waals surface area (Å²) in [6.45, 7) is 0.731. The first kappa shape index (κ1) is 12.8. The van der Waals surface area contributed by atoms with Crippen LogP contribution in [-0.2, 0) is 6.42 Å². The maximum absolute atomic E-state index is 8.74. The zero-order chi connectivity index (χ0) is 13.5. The minimum absolute atomic E-state index is 0.360. The molecule has 0 aliphatic heterocycles. The van der Waals surface area contributed by atoms with Gasteiger partial charge in [0, 0.05) is 12.6 Å². The van der Waals surface area contributed by atoms with Crippen molar-refractivity contribution in [2.75, 3.05) is 19.0 Å². The van der Waals surface area contributed by atoms with Crippen LogP contribution >= 0.6 is 0 Å². The van der Waals surface area contributed by atoms with E-state index in [1.807, 2.05) is 30.3 Å². The van der Waals surface area contributed by atoms with Crippen molar-refractivity contribution in [1.29, 1.82) is 5.26 Å². The third-order valence-electron chi connectivity index (χ3n) is 2.64. The molecule has 0 atom stereocenters. The van der Waals surface area contributed by atoms with Gasteiger partial charge in [-0.05, 0) is 24.1 Å². The molecule has 96 valence electrons. The SMILES string of the molecule is COc1cccc(CCNc2cc(C#N)ncn2)c1. The highest BCUT2D eigenvalue weighted by Crippen LogP contribution is 2.13. The zero-order valence-electron chi connectivity index (χ0n) is 10.6. The van der Waals surface area contributed by atoms with Gasteiger partial charge in [-0.3, -0.25) is 0 Å². The number of hydrogen-bond donors (Lipinski definition) is 1. The van der Waals surface area contributed by atoms with E-state index in [0.717, 1.165) is 18.7 Å². The summed E-state index contributed by atoms with van der Waals surface area (Å²) >= 11 is 0. The van der Waals surface area contributed by atoms with Gasteiger partial charge in [0.05, 0.1) is 7.11 Å². The van der Waals surface area contributed by atoms with Crippen LogP contribution in [0.3, 0.4) is 0 Å². The van der Waals surface area contributed by atoms with E-state index < -0.39 is 0 Å². The Morgan fingerprint density at radius 1 is 1.32 bits per heavy atom. The normalized spacial score (nSPS) is 9.68. The fourth-order valence-corrected chi connectivity index (χ4v) is 1.68. The first-order valence-corrected chi connectivity index (χ1v) is 5.91. The van der Waals surface area contributed by atoms with Crippen molar-refractivity contribution < 1.29 is 4.74 Å². The van der Waals surface area contributed by atoms with Crippen LogP contribution in [0.4, 0.5) is 5.82 Å². The van der Waals surface area contributed by atoms with Gasteiger partial charge in [-0.15, -0.1) is 0 Å². The topological polar surface area (TPSA) is 70.8 Å². The molecule has 0 aliphatic carbocycles. The quantitative estimate of drug-likeness (QED) is 0.883. The van der Waals surface area contributed by atoms with Crippen molar-refractivity contribution in [2.24, 2.45) is 0 Å². The van der Waals surface area contributed by atoms with E-state index in [9.17, 15) is 0 Å². The highest BCUT2D eigenvalue weighted by molar-refractivity contribution is 5.39. The fraction of sp³-hybridized carbons (Fsp3) is 0.214. The number of ether oxygens (including phenoxy) is 1. The summed E-state index contributed by atoms with van der Waals surface area (Å²) in [5.74, 6) is 1.51. The average Bonchev–Trinajstić information content (AvgIpc) is 2.48. The lowest BCUT2D eigenvalue weighted by atomic mass is 10.1. The Balaban J connectivity index is 1.90. The average molecular weight is 254 g/mol. The molecular formula is C14H14N4O. The second-order valence-corrected chi connectivity index (χ2v) is 3.93. The summed E-state index contributed by atoms with van der Waals surface area (Å²) in [6, 6.07) is 11.5. The summed E-state index contributed by atoms with van der Waals surface area (Å²) in [4.78, 5) is 7.87. The standard InChI is InChI=1S/C14H14N4O/c1-19-13-4-2-3-11(7-13)5-6-16-14-8-12(9-15)17-10-18-14/h2-4,7-8,10H,5-6H2,1H3,(H,16,17,18). The van der Waals surface area contributed by atoms with Crippen LogP contribution in [0.1, 0.15) is 11.3 Å². The molecule has 1 N–H and O–H groups in total. The van der Waals surface area contributed by atoms with Crippen LogP contribution in [0.15, 0.2) is 36.7 Å². The predicted octanol–water partition coefficient (Wildman–Crippen LogP) is 2.01. The molecule has 0 spiro atoms. The molecule has 0 bridgehead atoms. The van der Waals surface area contributed by atoms with Crippen molar-refractivity contribution >= 4 is 5.82 Å². The maximum Gasteiger partial charge on any atom is 0.145 e. The van der Waals surface area contributed by atoms with Crippen LogP contribution in [0, 0.1) is 11.3 Å². The predicted molar refractivity (Wildman–Crippen MR) is 71.9 cm³/mol. The molecule has 1 aromatic heterocycles. The van der Waals surface area contributed by atoms with Crippen molar-refractivity contribution in [2.45, 2.75) is 6.42 Å². The molecule has 19 heavy (non-hydrogen) atoms. The van der Waals surface area contributed by atoms with Gasteiger partial charge < -0.3 is 10.1 Å². The van der Waals surface area contributed by atoms with E-state index in [1.165, 1.54) is 11.9 Å². The van der Waals surface area contributed by atoms with Crippen molar-refractivity contribution in [3.63, 3.8) is 0 Å². The lowest BCUT2D eigenvalue weighted by Crippen LogP contribution is -2.06. The molecule has 2 rings (SSSR count). The molecule has 0 fully saturated rings. The van der Waals surface area contributed by atoms with E-state index >= 15 is 0 Å². The number of methoxy groups -OCH3 is 1. The monoisotopic (exact) mass is 254 g/mol. The molecule has 5 heteroatoms. The van der Waals surface area contributed by atoms with Gasteiger partial charge in [-0.25, -0.2) is 9.97 Å². The molecule has 0 unspecified atom stereocenters. The molecular weight excluding hydrogens is 240 g/mol. The van der Waals surface area contributed by atoms with Crippen molar-refractivity contribution in [3.05, 3.63) is 47.9 Å². The Morgan fingerprint density at radius 2 is 2.21 bits per heavy atom. The minimum Gasteiger partial charge on any atom is -0.497 e. The van der Waals surface area contributed by atoms with Gasteiger partial charge in [0.25, 0.3) is 0 Å². The zero-order valence-corrected chi connectivity index (χ0v) is 10.6. The third kappa shape index (κ3) is 3.68. The Kier molecular flexibility index (Phi) is 4.29. The number of nitrogens with zero attached hydrogens (tertiary/aromatic N) is 3. The van der Waals surface area contributed by atoms with Crippen LogP contribution in [-0.4, -0.2) is 23.6 Å². The summed E-state index contributed by atoms with van der Waals surface area (Å²) in [6.07, 6.45) is 2.23. The summed E-state index contributed by atoms with van der Waals surface area (Å²) in [7, 11) is 1.65. The van der Waals surface area contributed by atoms with Crippen LogP contribution in [0.5, 0.6) is 5.75 Å². The fourth-order valence-electron chi connectivity index (χ4n) is 1.68. The van der Waals surface area contributed by atoms with Gasteiger partial charge in [0.1, 0.15) is 29.7 Å². The second kappa shape index (κ2) is 6.36. The Bertz CT molecular complexity index is 592. The molecule has 0 radical (unpaired) electrons. The molecule has 0 amide bonds. The molecule has 0 aliphatic rings. The Hall–Kier alpha value is -2.61. The molecule has 2 aromatic rings. The lowest BCUT2D eigenvalue weighted by Gasteiger charge is -2.06. The number of aromatic nitrogens is 2. The van der Waals surface area contributed by atoms with Crippen LogP contribution in [0.25, 0.3) is 0 Å². The largest absolute Gasteiger partial charge is 0.497 e. The van der Waals surface area contributed by atoms with Gasteiger partial charge in [-0.1, -0.05) is 12.1 Å². The summed E-state index contributed by atoms with van der Waals surface area (Å²) in [5, 5.41) is 11.9. The minimum atomic E-state index is 0.360. The number of anilines is 1. The molecule has 5 nitrogen and oxygen atoms in total. The van der Waals surface area contributed by atoms with Gasteiger partial charge >= 0.3 is 0 Å². The van der Waals surface area contributed by atoms with Gasteiger partial charge in [0.15, 0.2) is 0 Å². The van der Waals surface area contributed by atoms with Gasteiger partial charge in [-0.2, -0.15) is 5.26 Å². The maximum atomic E-state index is 8.74. The summed E-state index contributed by atoms with van der Waals surface area (Å²) in [5.41, 5.74) is 1.54. The first-order valence-electron chi connectivity index (χ1n) is 5.91. The number of nitrogens with one attached hydrogen (secondary N) is 1. The number of hydrogen-bond acceptors (Lipinski definition) is 5. The van der Waals surface area contributed by atoms with E-state index in [0.29, 0.717) is 11.5 Å². The molecule has 1 aromatic carbocycles. The number of nitriles is 1. The van der Waals surface area contributed by atoms with Crippen LogP contribution < -0.4 is 10.1 Å². The summed E-state index contributed by atoms with van der Waals surface area (Å²) < 4.78 is 5.17. The van der Waals surface area contributed by atoms with E-state index in [2.05, 4.69) is 15.3 Å². The highest BCUT2D eigenvalue weighted by Gasteiger charge is 1.99. The second-order valence-electron chi connectivity index (χ2n) is 3.93. The number of benzene rings is 1. The third-order valence-corrected chi connectivity index (χ3v) is 2.64. The Morgan fingerprint density at radius 3 is 3.00 bits per heavy atom. The van der Waals surface area contributed by atoms with Crippen LogP contribution in [0.2, 0.25) is 0 Å². The first-order chi connectivity index (χ1) is 9.31. The number of rotatable bonds is 5. The molecule has 1 heterocycles. The van der Waals surface area contributed by atoms with E-state index in [4.69, 9.17) is 10.00 Å². The lowest BCUT2D eigenvalue weighted by molar-refractivity contribution is 0.414. The van der Waals surface area contributed by atoms with E-state index in [-0.39, 0.29) is 0 Å². The van der Waals surface area contributed by atoms with E-state index in [1.54, 1.807) is 13.2 Å². The van der Waals surface area contributed by atoms with Gasteiger partial charge in [0.2, 0.25) is 0 Å².